The van der Waals surface area contributed by atoms with Crippen LogP contribution in [0.3, 0.4) is 0 Å². The minimum atomic E-state index is -0.393. The average molecular weight is 498 g/mol. The van der Waals surface area contributed by atoms with Gasteiger partial charge in [0.05, 0.1) is 0 Å². The first kappa shape index (κ1) is 25.0. The molecule has 1 fully saturated rings. The van der Waals surface area contributed by atoms with Crippen molar-refractivity contribution in [3.8, 4) is 23.0 Å². The maximum absolute atomic E-state index is 10.5. The first-order valence-electron chi connectivity index (χ1n) is 13.0. The quantitative estimate of drug-likeness (QED) is 0.371. The highest BCUT2D eigenvalue weighted by Gasteiger charge is 2.31. The van der Waals surface area contributed by atoms with Crippen molar-refractivity contribution in [1.82, 2.24) is 4.90 Å². The van der Waals surface area contributed by atoms with Crippen LogP contribution in [0.15, 0.2) is 67.2 Å². The van der Waals surface area contributed by atoms with Crippen molar-refractivity contribution in [3.63, 3.8) is 0 Å². The highest BCUT2D eigenvalue weighted by atomic mass is 16.5. The van der Waals surface area contributed by atoms with E-state index in [9.17, 15) is 10.2 Å². The van der Waals surface area contributed by atoms with E-state index < -0.39 is 6.10 Å². The predicted molar refractivity (Wildman–Crippen MR) is 149 cm³/mol. The Morgan fingerprint density at radius 1 is 1.14 bits per heavy atom. The Bertz CT molecular complexity index is 1330. The molecular weight excluding hydrogens is 462 g/mol. The maximum atomic E-state index is 10.5. The van der Waals surface area contributed by atoms with Crippen LogP contribution < -0.4 is 9.47 Å². The van der Waals surface area contributed by atoms with Gasteiger partial charge in [0.1, 0.15) is 35.7 Å². The molecule has 1 saturated heterocycles. The third-order valence-electron chi connectivity index (χ3n) is 7.58. The van der Waals surface area contributed by atoms with Crippen molar-refractivity contribution in [2.45, 2.75) is 39.3 Å². The van der Waals surface area contributed by atoms with Crippen molar-refractivity contribution in [2.24, 2.45) is 5.92 Å². The van der Waals surface area contributed by atoms with E-state index in [1.807, 2.05) is 43.3 Å². The fourth-order valence-corrected chi connectivity index (χ4v) is 5.50. The molecule has 0 aromatic heterocycles. The Morgan fingerprint density at radius 3 is 2.59 bits per heavy atom. The summed E-state index contributed by atoms with van der Waals surface area (Å²) in [4.78, 5) is 2.50. The average Bonchev–Trinajstić information content (AvgIpc) is 3.34. The summed E-state index contributed by atoms with van der Waals surface area (Å²) in [5.41, 5.74) is 5.19. The topological polar surface area (TPSA) is 62.2 Å². The lowest BCUT2D eigenvalue weighted by molar-refractivity contribution is 0.169. The number of benzene rings is 3. The third kappa shape index (κ3) is 4.96. The Labute approximate surface area is 219 Å². The number of rotatable bonds is 7. The molecule has 1 unspecified atom stereocenters. The number of ether oxygens (including phenoxy) is 2. The van der Waals surface area contributed by atoms with E-state index in [4.69, 9.17) is 9.47 Å². The van der Waals surface area contributed by atoms with Crippen LogP contribution in [0.4, 0.5) is 0 Å². The fraction of sp³-hybridized carbons (Fsp3) is 0.312. The lowest BCUT2D eigenvalue weighted by atomic mass is 9.84. The van der Waals surface area contributed by atoms with E-state index in [1.165, 1.54) is 6.42 Å². The maximum Gasteiger partial charge on any atom is 0.150 e. The van der Waals surface area contributed by atoms with Crippen LogP contribution in [0.2, 0.25) is 0 Å². The molecule has 2 aliphatic heterocycles. The molecular formula is C32H35NO4. The van der Waals surface area contributed by atoms with Gasteiger partial charge in [0.2, 0.25) is 0 Å². The largest absolute Gasteiger partial charge is 0.508 e. The van der Waals surface area contributed by atoms with Crippen molar-refractivity contribution in [2.75, 3.05) is 19.7 Å². The summed E-state index contributed by atoms with van der Waals surface area (Å²) in [5.74, 6) is 2.62. The number of allylic oxidation sites excluding steroid dienone is 1. The van der Waals surface area contributed by atoms with Crippen LogP contribution in [0.5, 0.6) is 23.0 Å². The number of hydrogen-bond acceptors (Lipinski definition) is 5. The monoisotopic (exact) mass is 497 g/mol. The summed E-state index contributed by atoms with van der Waals surface area (Å²) in [7, 11) is 0. The zero-order valence-electron chi connectivity index (χ0n) is 21.8. The molecule has 3 aromatic carbocycles. The lowest BCUT2D eigenvalue weighted by Crippen LogP contribution is -2.35. The van der Waals surface area contributed by atoms with Crippen molar-refractivity contribution >= 4 is 17.2 Å². The second-order valence-electron chi connectivity index (χ2n) is 10.3. The van der Waals surface area contributed by atoms with E-state index in [1.54, 1.807) is 30.3 Å². The highest BCUT2D eigenvalue weighted by Crippen LogP contribution is 2.49. The minimum Gasteiger partial charge on any atom is -0.508 e. The van der Waals surface area contributed by atoms with Gasteiger partial charge in [-0.25, -0.2) is 0 Å². The number of fused-ring (bicyclic) bond motifs is 1. The van der Waals surface area contributed by atoms with Gasteiger partial charge in [0.15, 0.2) is 0 Å². The summed E-state index contributed by atoms with van der Waals surface area (Å²) in [5, 5.41) is 20.7. The summed E-state index contributed by atoms with van der Waals surface area (Å²) in [6, 6.07) is 19.1. The third-order valence-corrected chi connectivity index (χ3v) is 7.58. The van der Waals surface area contributed by atoms with Gasteiger partial charge < -0.3 is 19.7 Å². The molecule has 192 valence electrons. The van der Waals surface area contributed by atoms with Gasteiger partial charge in [-0.3, -0.25) is 4.90 Å². The number of nitrogens with zero attached hydrogens (tertiary/aromatic N) is 1. The smallest absolute Gasteiger partial charge is 0.150 e. The van der Waals surface area contributed by atoms with Crippen LogP contribution in [-0.4, -0.2) is 40.9 Å². The molecule has 3 atom stereocenters. The van der Waals surface area contributed by atoms with Crippen molar-refractivity contribution < 1.29 is 19.7 Å². The molecule has 0 spiro atoms. The molecule has 0 aliphatic carbocycles. The molecule has 37 heavy (non-hydrogen) atoms. The Balaban J connectivity index is 1.45. The molecule has 2 aliphatic rings. The van der Waals surface area contributed by atoms with Crippen LogP contribution >= 0.6 is 0 Å². The zero-order valence-corrected chi connectivity index (χ0v) is 21.8. The molecule has 0 radical (unpaired) electrons. The second kappa shape index (κ2) is 10.3. The number of likely N-dealkylation sites (tertiary alicyclic amines) is 1. The second-order valence-corrected chi connectivity index (χ2v) is 10.3. The standard InChI is InChI=1S/C32H35NO4/c1-5-27-28(35)13-14-29-31(27)22(4)30(24-7-6-8-25(34)17-24)32(37-29)23-9-11-26(12-10-23)36-19-21(3)33-16-15-20(2)18-33/h5-14,17,20-21,32,34-35H,1,15-16,18-19H2,2-4H3/t20-,21+,32?/m1/s1. The van der Waals surface area contributed by atoms with E-state index in [0.717, 1.165) is 52.6 Å². The normalized spacial score (nSPS) is 20.3. The molecule has 5 heteroatoms. The van der Waals surface area contributed by atoms with Gasteiger partial charge in [0.25, 0.3) is 0 Å². The van der Waals surface area contributed by atoms with E-state index in [2.05, 4.69) is 25.3 Å². The first-order chi connectivity index (χ1) is 17.9. The molecule has 0 bridgehead atoms. The van der Waals surface area contributed by atoms with Gasteiger partial charge in [-0.1, -0.05) is 43.8 Å². The SMILES string of the molecule is C=Cc1c(O)ccc2c1C(C)=C(c1cccc(O)c1)C(c1ccc(OC[C@H](C)N3CC[C@@H](C)C3)cc1)O2. The first-order valence-corrected chi connectivity index (χ1v) is 13.0. The molecule has 2 heterocycles. The fourth-order valence-electron chi connectivity index (χ4n) is 5.50. The lowest BCUT2D eigenvalue weighted by Gasteiger charge is -2.32. The number of aromatic hydroxyl groups is 2. The number of phenols is 2. The van der Waals surface area contributed by atoms with Crippen molar-refractivity contribution in [1.29, 1.82) is 0 Å². The highest BCUT2D eigenvalue weighted by molar-refractivity contribution is 5.98. The Kier molecular flexibility index (Phi) is 6.98. The van der Waals surface area contributed by atoms with E-state index in [-0.39, 0.29) is 11.5 Å². The summed E-state index contributed by atoms with van der Waals surface area (Å²) in [6.45, 7) is 13.4. The molecule has 0 amide bonds. The molecule has 2 N–H and O–H groups in total. The summed E-state index contributed by atoms with van der Waals surface area (Å²) in [6.07, 6.45) is 2.51. The Hall–Kier alpha value is -3.70. The van der Waals surface area contributed by atoms with Gasteiger partial charge in [-0.2, -0.15) is 0 Å². The van der Waals surface area contributed by atoms with Gasteiger partial charge in [-0.15, -0.1) is 0 Å². The summed E-state index contributed by atoms with van der Waals surface area (Å²) < 4.78 is 12.7. The van der Waals surface area contributed by atoms with Crippen LogP contribution in [0.25, 0.3) is 17.2 Å². The van der Waals surface area contributed by atoms with Crippen LogP contribution in [-0.2, 0) is 0 Å². The molecule has 0 saturated carbocycles. The zero-order chi connectivity index (χ0) is 26.1. The van der Waals surface area contributed by atoms with Gasteiger partial charge >= 0.3 is 0 Å². The van der Waals surface area contributed by atoms with E-state index in [0.29, 0.717) is 24.0 Å². The minimum absolute atomic E-state index is 0.157. The van der Waals surface area contributed by atoms with Crippen molar-refractivity contribution in [3.05, 3.63) is 89.5 Å². The number of phenolic OH excluding ortho intramolecular Hbond substituents is 2. The number of hydrogen-bond donors (Lipinski definition) is 2. The summed E-state index contributed by atoms with van der Waals surface area (Å²) >= 11 is 0. The van der Waals surface area contributed by atoms with Gasteiger partial charge in [0, 0.05) is 29.3 Å². The van der Waals surface area contributed by atoms with Crippen LogP contribution in [0, 0.1) is 5.92 Å². The van der Waals surface area contributed by atoms with Crippen LogP contribution in [0.1, 0.15) is 55.5 Å². The van der Waals surface area contributed by atoms with Gasteiger partial charge in [-0.05, 0) is 85.8 Å². The van der Waals surface area contributed by atoms with E-state index >= 15 is 0 Å². The predicted octanol–water partition coefficient (Wildman–Crippen LogP) is 6.91. The molecule has 5 nitrogen and oxygen atoms in total. The molecule has 3 aromatic rings. The molecule has 5 rings (SSSR count). The Morgan fingerprint density at radius 2 is 1.92 bits per heavy atom.